The lowest BCUT2D eigenvalue weighted by molar-refractivity contribution is -0.173. The van der Waals surface area contributed by atoms with Crippen LogP contribution >= 0.6 is 0 Å². The van der Waals surface area contributed by atoms with Gasteiger partial charge >= 0.3 is 6.18 Å². The monoisotopic (exact) mass is 277 g/mol. The van der Waals surface area contributed by atoms with E-state index in [4.69, 9.17) is 5.73 Å². The first kappa shape index (κ1) is 16.7. The van der Waals surface area contributed by atoms with Gasteiger partial charge in [0.05, 0.1) is 11.0 Å². The van der Waals surface area contributed by atoms with Crippen LogP contribution in [0, 0.1) is 0 Å². The zero-order chi connectivity index (χ0) is 13.5. The minimum absolute atomic E-state index is 0.0628. The average molecular weight is 277 g/mol. The molecule has 0 spiro atoms. The molecule has 0 aromatic rings. The molecule has 0 radical (unpaired) electrons. The van der Waals surface area contributed by atoms with Crippen LogP contribution in [-0.2, 0) is 14.6 Å². The number of alkyl halides is 3. The quantitative estimate of drug-likeness (QED) is 0.675. The molecule has 0 saturated heterocycles. The molecule has 1 atom stereocenters. The molecule has 0 heterocycles. The van der Waals surface area contributed by atoms with E-state index in [2.05, 4.69) is 4.74 Å². The van der Waals surface area contributed by atoms with Crippen molar-refractivity contribution in [3.8, 4) is 0 Å². The predicted octanol–water partition coefficient (Wildman–Crippen LogP) is 1.11. The molecule has 2 N–H and O–H groups in total. The minimum atomic E-state index is -4.37. The summed E-state index contributed by atoms with van der Waals surface area (Å²) in [5.41, 5.74) is 5.24. The Morgan fingerprint density at radius 2 is 1.94 bits per heavy atom. The molecule has 0 aliphatic rings. The van der Waals surface area contributed by atoms with E-state index in [1.165, 1.54) is 0 Å². The summed E-state index contributed by atoms with van der Waals surface area (Å²) in [5, 5.41) is -0.560. The summed E-state index contributed by atoms with van der Waals surface area (Å²) in [4.78, 5) is 0. The second kappa shape index (κ2) is 7.17. The van der Waals surface area contributed by atoms with Crippen molar-refractivity contribution in [2.45, 2.75) is 31.2 Å². The van der Waals surface area contributed by atoms with Gasteiger partial charge in [0.15, 0.2) is 9.84 Å². The largest absolute Gasteiger partial charge is 0.411 e. The summed E-state index contributed by atoms with van der Waals surface area (Å²) in [6.07, 6.45) is -3.95. The third-order valence-corrected chi connectivity index (χ3v) is 4.49. The van der Waals surface area contributed by atoms with Crippen molar-refractivity contribution < 1.29 is 26.3 Å². The lowest BCUT2D eigenvalue weighted by Crippen LogP contribution is -2.25. The molecule has 0 aliphatic heterocycles. The Labute approximate surface area is 99.2 Å². The van der Waals surface area contributed by atoms with Gasteiger partial charge in [0, 0.05) is 6.61 Å². The summed E-state index contributed by atoms with van der Waals surface area (Å²) in [6.45, 7) is 0.253. The predicted molar refractivity (Wildman–Crippen MR) is 58.4 cm³/mol. The van der Waals surface area contributed by atoms with Gasteiger partial charge in [-0.2, -0.15) is 13.2 Å². The number of nitrogens with two attached hydrogens (primary N) is 1. The van der Waals surface area contributed by atoms with Gasteiger partial charge < -0.3 is 10.5 Å². The normalized spacial score (nSPS) is 14.9. The van der Waals surface area contributed by atoms with Gasteiger partial charge in [0.25, 0.3) is 0 Å². The van der Waals surface area contributed by atoms with Crippen molar-refractivity contribution in [2.24, 2.45) is 5.73 Å². The zero-order valence-corrected chi connectivity index (χ0v) is 10.5. The smallest absolute Gasteiger partial charge is 0.372 e. The summed E-state index contributed by atoms with van der Waals surface area (Å²) < 4.78 is 62.5. The van der Waals surface area contributed by atoms with Gasteiger partial charge in [0.1, 0.15) is 6.61 Å². The molecule has 0 aliphatic carbocycles. The summed E-state index contributed by atoms with van der Waals surface area (Å²) in [6, 6.07) is 0. The van der Waals surface area contributed by atoms with E-state index in [1.54, 1.807) is 6.92 Å². The van der Waals surface area contributed by atoms with Crippen molar-refractivity contribution in [1.29, 1.82) is 0 Å². The second-order valence-electron chi connectivity index (χ2n) is 3.78. The first-order valence-electron chi connectivity index (χ1n) is 5.25. The molecule has 0 saturated carbocycles. The van der Waals surface area contributed by atoms with Crippen LogP contribution in [0.2, 0.25) is 0 Å². The van der Waals surface area contributed by atoms with Gasteiger partial charge in [-0.3, -0.25) is 0 Å². The van der Waals surface area contributed by atoms with Crippen LogP contribution in [0.15, 0.2) is 0 Å². The van der Waals surface area contributed by atoms with Crippen LogP contribution in [0.3, 0.4) is 0 Å². The number of rotatable bonds is 8. The minimum Gasteiger partial charge on any atom is -0.372 e. The summed E-state index contributed by atoms with van der Waals surface area (Å²) >= 11 is 0. The Balaban J connectivity index is 3.81. The molecule has 0 aromatic heterocycles. The first-order chi connectivity index (χ1) is 7.69. The fraction of sp³-hybridized carbons (Fsp3) is 1.00. The molecule has 0 aromatic carbocycles. The highest BCUT2D eigenvalue weighted by Gasteiger charge is 2.27. The van der Waals surface area contributed by atoms with E-state index in [0.717, 1.165) is 0 Å². The molecule has 4 nitrogen and oxygen atoms in total. The van der Waals surface area contributed by atoms with Crippen molar-refractivity contribution in [2.75, 3.05) is 25.5 Å². The number of hydrogen-bond acceptors (Lipinski definition) is 4. The maximum Gasteiger partial charge on any atom is 0.411 e. The van der Waals surface area contributed by atoms with E-state index in [-0.39, 0.29) is 25.3 Å². The van der Waals surface area contributed by atoms with E-state index >= 15 is 0 Å². The molecule has 104 valence electrons. The molecule has 17 heavy (non-hydrogen) atoms. The maximum absolute atomic E-state index is 11.7. The van der Waals surface area contributed by atoms with Gasteiger partial charge in [-0.15, -0.1) is 0 Å². The topological polar surface area (TPSA) is 69.4 Å². The maximum atomic E-state index is 11.7. The van der Waals surface area contributed by atoms with Gasteiger partial charge in [-0.1, -0.05) is 0 Å². The highest BCUT2D eigenvalue weighted by Crippen LogP contribution is 2.14. The molecule has 0 rings (SSSR count). The van der Waals surface area contributed by atoms with Gasteiger partial charge in [-0.05, 0) is 26.3 Å². The summed E-state index contributed by atoms with van der Waals surface area (Å²) in [7, 11) is -3.28. The number of ether oxygens (including phenoxy) is 1. The van der Waals surface area contributed by atoms with Crippen molar-refractivity contribution in [1.82, 2.24) is 0 Å². The van der Waals surface area contributed by atoms with Crippen molar-refractivity contribution in [3.05, 3.63) is 0 Å². The third-order valence-electron chi connectivity index (χ3n) is 2.17. The Hall–Kier alpha value is -0.340. The van der Waals surface area contributed by atoms with Gasteiger partial charge in [-0.25, -0.2) is 8.42 Å². The highest BCUT2D eigenvalue weighted by atomic mass is 32.2. The van der Waals surface area contributed by atoms with Crippen LogP contribution in [0.1, 0.15) is 19.8 Å². The van der Waals surface area contributed by atoms with E-state index < -0.39 is 27.9 Å². The Morgan fingerprint density at radius 3 is 2.41 bits per heavy atom. The van der Waals surface area contributed by atoms with E-state index in [0.29, 0.717) is 6.42 Å². The zero-order valence-electron chi connectivity index (χ0n) is 9.66. The number of sulfone groups is 1. The lowest BCUT2D eigenvalue weighted by Gasteiger charge is -2.12. The molecule has 0 bridgehead atoms. The fourth-order valence-electron chi connectivity index (χ4n) is 1.17. The Morgan fingerprint density at radius 1 is 1.35 bits per heavy atom. The molecule has 0 amide bonds. The third kappa shape index (κ3) is 8.39. The molecular weight excluding hydrogens is 259 g/mol. The molecular formula is C9H18F3NO3S. The molecule has 8 heteroatoms. The van der Waals surface area contributed by atoms with Crippen LogP contribution in [0.25, 0.3) is 0 Å². The van der Waals surface area contributed by atoms with Crippen LogP contribution in [-0.4, -0.2) is 45.4 Å². The first-order valence-corrected chi connectivity index (χ1v) is 6.96. The van der Waals surface area contributed by atoms with Crippen LogP contribution in [0.5, 0.6) is 0 Å². The van der Waals surface area contributed by atoms with Crippen LogP contribution in [0.4, 0.5) is 13.2 Å². The average Bonchev–Trinajstić information content (AvgIpc) is 2.15. The van der Waals surface area contributed by atoms with E-state index in [9.17, 15) is 21.6 Å². The molecule has 0 fully saturated rings. The van der Waals surface area contributed by atoms with E-state index in [1.807, 2.05) is 0 Å². The SMILES string of the molecule is CC(CCN)S(=O)(=O)CCCOCC(F)(F)F. The van der Waals surface area contributed by atoms with Crippen molar-refractivity contribution in [3.63, 3.8) is 0 Å². The number of halogens is 3. The van der Waals surface area contributed by atoms with Crippen molar-refractivity contribution >= 4 is 9.84 Å². The fourth-order valence-corrected chi connectivity index (χ4v) is 2.58. The second-order valence-corrected chi connectivity index (χ2v) is 6.31. The molecule has 1 unspecified atom stereocenters. The summed E-state index contributed by atoms with van der Waals surface area (Å²) in [5.74, 6) is -0.175. The Bertz CT molecular complexity index is 303. The standard InChI is InChI=1S/C9H18F3NO3S/c1-8(3-4-13)17(14,15)6-2-5-16-7-9(10,11)12/h8H,2-7,13H2,1H3. The van der Waals surface area contributed by atoms with Gasteiger partial charge in [0.2, 0.25) is 0 Å². The lowest BCUT2D eigenvalue weighted by atomic mass is 10.3. The number of hydrogen-bond donors (Lipinski definition) is 1. The Kier molecular flexibility index (Phi) is 7.03. The van der Waals surface area contributed by atoms with Crippen LogP contribution < -0.4 is 5.73 Å². The highest BCUT2D eigenvalue weighted by molar-refractivity contribution is 7.91.